The van der Waals surface area contributed by atoms with Gasteiger partial charge in [0.05, 0.1) is 5.56 Å². The number of amides is 2. The van der Waals surface area contributed by atoms with Crippen LogP contribution in [-0.2, 0) is 4.79 Å². The highest BCUT2D eigenvalue weighted by atomic mass is 79.9. The minimum Gasteiger partial charge on any atom is -0.278 e. The summed E-state index contributed by atoms with van der Waals surface area (Å²) in [4.78, 5) is 24.5. The van der Waals surface area contributed by atoms with Crippen LogP contribution in [-0.4, -0.2) is 23.3 Å². The molecule has 0 spiro atoms. The van der Waals surface area contributed by atoms with Crippen LogP contribution in [0.1, 0.15) is 23.2 Å². The Bertz CT molecular complexity index is 461. The van der Waals surface area contributed by atoms with Gasteiger partial charge < -0.3 is 0 Å². The Kier molecular flexibility index (Phi) is 3.05. The van der Waals surface area contributed by atoms with E-state index in [0.717, 1.165) is 6.07 Å². The molecule has 1 fully saturated rings. The highest BCUT2D eigenvalue weighted by Gasteiger charge is 2.28. The van der Waals surface area contributed by atoms with Crippen molar-refractivity contribution in [1.29, 1.82) is 0 Å². The lowest BCUT2D eigenvalue weighted by molar-refractivity contribution is -0.125. The van der Waals surface area contributed by atoms with Gasteiger partial charge in [-0.1, -0.05) is 0 Å². The van der Waals surface area contributed by atoms with Gasteiger partial charge >= 0.3 is 0 Å². The lowest BCUT2D eigenvalue weighted by Gasteiger charge is -2.14. The van der Waals surface area contributed by atoms with Crippen LogP contribution in [0.15, 0.2) is 22.7 Å². The zero-order valence-corrected chi connectivity index (χ0v) is 9.96. The molecule has 1 saturated heterocycles. The SMILES string of the molecule is O=C1CCCN1C(=O)c1cc(F)ccc1Br. The summed E-state index contributed by atoms with van der Waals surface area (Å²) in [5, 5.41) is 0. The Labute approximate surface area is 100 Å². The largest absolute Gasteiger partial charge is 0.278 e. The first-order valence-corrected chi connectivity index (χ1v) is 5.68. The summed E-state index contributed by atoms with van der Waals surface area (Å²) in [6.45, 7) is 0.417. The van der Waals surface area contributed by atoms with Crippen molar-refractivity contribution in [3.8, 4) is 0 Å². The molecular formula is C11H9BrFNO2. The maximum absolute atomic E-state index is 13.0. The summed E-state index contributed by atoms with van der Waals surface area (Å²) in [5.74, 6) is -1.12. The van der Waals surface area contributed by atoms with E-state index in [1.165, 1.54) is 17.0 Å². The number of benzene rings is 1. The van der Waals surface area contributed by atoms with Gasteiger partial charge in [0.1, 0.15) is 5.82 Å². The molecule has 0 aliphatic carbocycles. The van der Waals surface area contributed by atoms with E-state index in [2.05, 4.69) is 15.9 Å². The predicted molar refractivity (Wildman–Crippen MR) is 59.4 cm³/mol. The maximum atomic E-state index is 13.0. The minimum absolute atomic E-state index is 0.190. The number of likely N-dealkylation sites (tertiary alicyclic amines) is 1. The molecule has 2 rings (SSSR count). The molecule has 1 aliphatic heterocycles. The lowest BCUT2D eigenvalue weighted by Crippen LogP contribution is -2.32. The first-order valence-electron chi connectivity index (χ1n) is 4.89. The molecule has 1 aromatic rings. The third kappa shape index (κ3) is 2.00. The number of halogens is 2. The van der Waals surface area contributed by atoms with E-state index in [1.54, 1.807) is 0 Å². The van der Waals surface area contributed by atoms with Crippen molar-refractivity contribution in [2.75, 3.05) is 6.54 Å². The second-order valence-electron chi connectivity index (χ2n) is 3.58. The van der Waals surface area contributed by atoms with Crippen LogP contribution in [0.3, 0.4) is 0 Å². The number of nitrogens with zero attached hydrogens (tertiary/aromatic N) is 1. The van der Waals surface area contributed by atoms with Crippen LogP contribution >= 0.6 is 15.9 Å². The predicted octanol–water partition coefficient (Wildman–Crippen LogP) is 2.35. The summed E-state index contributed by atoms with van der Waals surface area (Å²) in [5.41, 5.74) is 0.190. The molecule has 16 heavy (non-hydrogen) atoms. The van der Waals surface area contributed by atoms with Crippen LogP contribution in [0.5, 0.6) is 0 Å². The Morgan fingerprint density at radius 3 is 2.81 bits per heavy atom. The second-order valence-corrected chi connectivity index (χ2v) is 4.43. The molecular weight excluding hydrogens is 277 g/mol. The molecule has 0 N–H and O–H groups in total. The molecule has 0 saturated carbocycles. The maximum Gasteiger partial charge on any atom is 0.261 e. The van der Waals surface area contributed by atoms with Gasteiger partial charge in [0, 0.05) is 17.4 Å². The molecule has 0 unspecified atom stereocenters. The van der Waals surface area contributed by atoms with Gasteiger partial charge in [-0.05, 0) is 40.5 Å². The van der Waals surface area contributed by atoms with Gasteiger partial charge in [-0.3, -0.25) is 14.5 Å². The molecule has 0 radical (unpaired) electrons. The average Bonchev–Trinajstić information content (AvgIpc) is 2.67. The molecule has 0 atom stereocenters. The highest BCUT2D eigenvalue weighted by molar-refractivity contribution is 9.10. The summed E-state index contributed by atoms with van der Waals surface area (Å²) in [7, 11) is 0. The smallest absolute Gasteiger partial charge is 0.261 e. The fourth-order valence-electron chi connectivity index (χ4n) is 1.67. The van der Waals surface area contributed by atoms with E-state index >= 15 is 0 Å². The van der Waals surface area contributed by atoms with Crippen LogP contribution in [0.4, 0.5) is 4.39 Å². The summed E-state index contributed by atoms with van der Waals surface area (Å²) >= 11 is 3.17. The molecule has 0 bridgehead atoms. The first kappa shape index (κ1) is 11.3. The Morgan fingerprint density at radius 2 is 2.19 bits per heavy atom. The van der Waals surface area contributed by atoms with Crippen LogP contribution < -0.4 is 0 Å². The fourth-order valence-corrected chi connectivity index (χ4v) is 2.09. The highest BCUT2D eigenvalue weighted by Crippen LogP contribution is 2.22. The Balaban J connectivity index is 2.33. The van der Waals surface area contributed by atoms with Gasteiger partial charge in [0.15, 0.2) is 0 Å². The molecule has 2 amide bonds. The van der Waals surface area contributed by atoms with Crippen molar-refractivity contribution < 1.29 is 14.0 Å². The minimum atomic E-state index is -0.488. The van der Waals surface area contributed by atoms with E-state index in [9.17, 15) is 14.0 Å². The topological polar surface area (TPSA) is 37.4 Å². The lowest BCUT2D eigenvalue weighted by atomic mass is 10.2. The summed E-state index contributed by atoms with van der Waals surface area (Å²) < 4.78 is 13.5. The third-order valence-corrected chi connectivity index (χ3v) is 3.17. The summed E-state index contributed by atoms with van der Waals surface area (Å²) in [6, 6.07) is 3.85. The van der Waals surface area contributed by atoms with Crippen LogP contribution in [0.25, 0.3) is 0 Å². The Hall–Kier alpha value is -1.23. The summed E-state index contributed by atoms with van der Waals surface area (Å²) in [6.07, 6.45) is 1.07. The van der Waals surface area contributed by atoms with Gasteiger partial charge in [0.25, 0.3) is 5.91 Å². The van der Waals surface area contributed by atoms with E-state index in [0.29, 0.717) is 23.9 Å². The van der Waals surface area contributed by atoms with Gasteiger partial charge in [-0.15, -0.1) is 0 Å². The van der Waals surface area contributed by atoms with E-state index in [4.69, 9.17) is 0 Å². The third-order valence-electron chi connectivity index (χ3n) is 2.48. The van der Waals surface area contributed by atoms with Crippen molar-refractivity contribution in [2.45, 2.75) is 12.8 Å². The molecule has 3 nitrogen and oxygen atoms in total. The van der Waals surface area contributed by atoms with Crippen molar-refractivity contribution in [2.24, 2.45) is 0 Å². The zero-order valence-electron chi connectivity index (χ0n) is 8.37. The monoisotopic (exact) mass is 285 g/mol. The normalized spacial score (nSPS) is 15.6. The average molecular weight is 286 g/mol. The number of rotatable bonds is 1. The standard InChI is InChI=1S/C11H9BrFNO2/c12-9-4-3-7(13)6-8(9)11(16)14-5-1-2-10(14)15/h3-4,6H,1-2,5H2. The van der Waals surface area contributed by atoms with Gasteiger partial charge in [-0.25, -0.2) is 4.39 Å². The molecule has 1 heterocycles. The number of imide groups is 1. The van der Waals surface area contributed by atoms with E-state index in [-0.39, 0.29) is 11.5 Å². The molecule has 84 valence electrons. The van der Waals surface area contributed by atoms with Gasteiger partial charge in [0.2, 0.25) is 5.91 Å². The van der Waals surface area contributed by atoms with Crippen molar-refractivity contribution in [3.05, 3.63) is 34.1 Å². The van der Waals surface area contributed by atoms with E-state index < -0.39 is 11.7 Å². The van der Waals surface area contributed by atoms with Crippen molar-refractivity contribution in [1.82, 2.24) is 4.90 Å². The van der Waals surface area contributed by atoms with Crippen molar-refractivity contribution in [3.63, 3.8) is 0 Å². The molecule has 1 aromatic carbocycles. The fraction of sp³-hybridized carbons (Fsp3) is 0.273. The molecule has 5 heteroatoms. The van der Waals surface area contributed by atoms with Crippen LogP contribution in [0, 0.1) is 5.82 Å². The Morgan fingerprint density at radius 1 is 1.44 bits per heavy atom. The van der Waals surface area contributed by atoms with E-state index in [1.807, 2.05) is 0 Å². The number of hydrogen-bond donors (Lipinski definition) is 0. The number of carbonyl (C=O) groups excluding carboxylic acids is 2. The first-order chi connectivity index (χ1) is 7.59. The molecule has 1 aliphatic rings. The van der Waals surface area contributed by atoms with Gasteiger partial charge in [-0.2, -0.15) is 0 Å². The zero-order chi connectivity index (χ0) is 11.7. The quantitative estimate of drug-likeness (QED) is 0.743. The van der Waals surface area contributed by atoms with Crippen LogP contribution in [0.2, 0.25) is 0 Å². The van der Waals surface area contributed by atoms with Crippen molar-refractivity contribution >= 4 is 27.7 Å². The second kappa shape index (κ2) is 4.33. The number of carbonyl (C=O) groups is 2. The molecule has 0 aromatic heterocycles. The number of hydrogen-bond acceptors (Lipinski definition) is 2.